The predicted octanol–water partition coefficient (Wildman–Crippen LogP) is 1.86. The molecule has 1 aromatic heterocycles. The highest BCUT2D eigenvalue weighted by atomic mass is 19.4. The molecule has 0 amide bonds. The van der Waals surface area contributed by atoms with E-state index in [2.05, 4.69) is 4.98 Å². The van der Waals surface area contributed by atoms with Crippen LogP contribution in [0.5, 0.6) is 0 Å². The van der Waals surface area contributed by atoms with Gasteiger partial charge >= 0.3 is 6.18 Å². The lowest BCUT2D eigenvalue weighted by atomic mass is 10.1. The number of anilines is 1. The van der Waals surface area contributed by atoms with E-state index in [1.165, 1.54) is 6.07 Å². The minimum absolute atomic E-state index is 0.0755. The number of halogens is 3. The third-order valence-corrected chi connectivity index (χ3v) is 3.79. The zero-order valence-corrected chi connectivity index (χ0v) is 13.0. The first-order valence-electron chi connectivity index (χ1n) is 7.37. The lowest BCUT2D eigenvalue weighted by Gasteiger charge is -2.41. The Morgan fingerprint density at radius 1 is 1.43 bits per heavy atom. The molecule has 1 aromatic rings. The van der Waals surface area contributed by atoms with E-state index in [1.54, 1.807) is 11.8 Å². The summed E-state index contributed by atoms with van der Waals surface area (Å²) in [6.07, 6.45) is -5.00. The van der Waals surface area contributed by atoms with Crippen LogP contribution in [0.1, 0.15) is 25.1 Å². The molecule has 1 aliphatic heterocycles. The summed E-state index contributed by atoms with van der Waals surface area (Å²) in [6.45, 7) is 5.72. The van der Waals surface area contributed by atoms with Gasteiger partial charge in [0.05, 0.1) is 11.7 Å². The summed E-state index contributed by atoms with van der Waals surface area (Å²) in [4.78, 5) is 7.46. The van der Waals surface area contributed by atoms with Crippen molar-refractivity contribution >= 4 is 5.82 Å². The summed E-state index contributed by atoms with van der Waals surface area (Å²) in [7, 11) is 0. The molecule has 1 fully saturated rings. The number of alkyl halides is 3. The van der Waals surface area contributed by atoms with E-state index < -0.39 is 18.0 Å². The van der Waals surface area contributed by atoms with E-state index in [0.717, 1.165) is 6.07 Å². The standard InChI is InChI=1S/C15H19F3N4O/c1-10-8-21(9-11(2)23)5-6-22(10)14-12(7-19)3-4-13(20-14)15(16,17)18/h3-4,10-11,23H,5-6,8-9H2,1-2H3. The smallest absolute Gasteiger partial charge is 0.392 e. The topological polar surface area (TPSA) is 63.4 Å². The number of nitrogens with zero attached hydrogens (tertiary/aromatic N) is 4. The van der Waals surface area contributed by atoms with Gasteiger partial charge in [-0.05, 0) is 26.0 Å². The molecule has 0 saturated carbocycles. The monoisotopic (exact) mass is 328 g/mol. The van der Waals surface area contributed by atoms with Crippen molar-refractivity contribution in [2.75, 3.05) is 31.1 Å². The predicted molar refractivity (Wildman–Crippen MR) is 78.9 cm³/mol. The SMILES string of the molecule is CC(O)CN1CCN(c2nc(C(F)(F)F)ccc2C#N)C(C)C1. The van der Waals surface area contributed by atoms with E-state index in [9.17, 15) is 18.3 Å². The summed E-state index contributed by atoms with van der Waals surface area (Å²) in [5.74, 6) is 0.0755. The van der Waals surface area contributed by atoms with Crippen LogP contribution in [0.25, 0.3) is 0 Å². The molecule has 1 aliphatic rings. The van der Waals surface area contributed by atoms with Crippen LogP contribution in [0.4, 0.5) is 19.0 Å². The Morgan fingerprint density at radius 2 is 2.13 bits per heavy atom. The summed E-state index contributed by atoms with van der Waals surface area (Å²) < 4.78 is 38.6. The highest BCUT2D eigenvalue weighted by Crippen LogP contribution is 2.31. The average molecular weight is 328 g/mol. The number of nitriles is 1. The van der Waals surface area contributed by atoms with Crippen molar-refractivity contribution in [3.05, 3.63) is 23.4 Å². The Morgan fingerprint density at radius 3 is 2.65 bits per heavy atom. The summed E-state index contributed by atoms with van der Waals surface area (Å²) in [5, 5.41) is 18.6. The fourth-order valence-electron chi connectivity index (χ4n) is 2.80. The number of hydrogen-bond acceptors (Lipinski definition) is 5. The number of pyridine rings is 1. The number of aliphatic hydroxyl groups is 1. The quantitative estimate of drug-likeness (QED) is 0.918. The average Bonchev–Trinajstić information content (AvgIpc) is 2.45. The molecule has 2 rings (SSSR count). The first-order valence-corrected chi connectivity index (χ1v) is 7.37. The van der Waals surface area contributed by atoms with E-state index in [4.69, 9.17) is 5.26 Å². The van der Waals surface area contributed by atoms with Crippen molar-refractivity contribution in [3.8, 4) is 6.07 Å². The van der Waals surface area contributed by atoms with Gasteiger partial charge in [-0.3, -0.25) is 4.90 Å². The van der Waals surface area contributed by atoms with Crippen molar-refractivity contribution < 1.29 is 18.3 Å². The molecule has 8 heteroatoms. The Kier molecular flexibility index (Phi) is 5.12. The van der Waals surface area contributed by atoms with Crippen molar-refractivity contribution in [3.63, 3.8) is 0 Å². The summed E-state index contributed by atoms with van der Waals surface area (Å²) >= 11 is 0. The van der Waals surface area contributed by atoms with E-state index >= 15 is 0 Å². The Bertz CT molecular complexity index is 597. The molecular formula is C15H19F3N4O. The highest BCUT2D eigenvalue weighted by Gasteiger charge is 2.35. The molecule has 0 aliphatic carbocycles. The largest absolute Gasteiger partial charge is 0.433 e. The van der Waals surface area contributed by atoms with Gasteiger partial charge in [-0.15, -0.1) is 0 Å². The molecule has 23 heavy (non-hydrogen) atoms. The molecule has 0 bridgehead atoms. The number of aliphatic hydroxyl groups excluding tert-OH is 1. The maximum Gasteiger partial charge on any atom is 0.433 e. The molecule has 1 N–H and O–H groups in total. The van der Waals surface area contributed by atoms with E-state index in [0.29, 0.717) is 26.2 Å². The Labute approximate surface area is 132 Å². The van der Waals surface area contributed by atoms with Gasteiger partial charge in [0.15, 0.2) is 0 Å². The molecule has 126 valence electrons. The van der Waals surface area contributed by atoms with Crippen LogP contribution in [0, 0.1) is 11.3 Å². The third-order valence-electron chi connectivity index (χ3n) is 3.79. The lowest BCUT2D eigenvalue weighted by Crippen LogP contribution is -2.53. The number of aromatic nitrogens is 1. The number of rotatable bonds is 3. The second-order valence-electron chi connectivity index (χ2n) is 5.83. The number of piperazine rings is 1. The van der Waals surface area contributed by atoms with Crippen molar-refractivity contribution in [1.82, 2.24) is 9.88 Å². The summed E-state index contributed by atoms with van der Waals surface area (Å²) in [6, 6.07) is 3.80. The molecule has 5 nitrogen and oxygen atoms in total. The van der Waals surface area contributed by atoms with Crippen molar-refractivity contribution in [2.45, 2.75) is 32.2 Å². The van der Waals surface area contributed by atoms with E-state index in [1.807, 2.05) is 17.9 Å². The summed E-state index contributed by atoms with van der Waals surface area (Å²) in [5.41, 5.74) is -0.862. The maximum atomic E-state index is 12.9. The van der Waals surface area contributed by atoms with Crippen LogP contribution in [0.15, 0.2) is 12.1 Å². The van der Waals surface area contributed by atoms with Gasteiger partial charge in [0, 0.05) is 32.2 Å². The Hall–Kier alpha value is -1.85. The second kappa shape index (κ2) is 6.72. The van der Waals surface area contributed by atoms with Crippen molar-refractivity contribution in [1.29, 1.82) is 5.26 Å². The van der Waals surface area contributed by atoms with Crippen LogP contribution in [-0.2, 0) is 6.18 Å². The van der Waals surface area contributed by atoms with Gasteiger partial charge in [-0.2, -0.15) is 18.4 Å². The fraction of sp³-hybridized carbons (Fsp3) is 0.600. The lowest BCUT2D eigenvalue weighted by molar-refractivity contribution is -0.141. The molecule has 2 unspecified atom stereocenters. The third kappa shape index (κ3) is 4.12. The van der Waals surface area contributed by atoms with Gasteiger partial charge in [-0.25, -0.2) is 4.98 Å². The van der Waals surface area contributed by atoms with Gasteiger partial charge in [0.2, 0.25) is 0 Å². The minimum atomic E-state index is -4.54. The first kappa shape index (κ1) is 17.5. The minimum Gasteiger partial charge on any atom is -0.392 e. The van der Waals surface area contributed by atoms with Crippen LogP contribution in [-0.4, -0.2) is 53.3 Å². The zero-order valence-electron chi connectivity index (χ0n) is 13.0. The van der Waals surface area contributed by atoms with Gasteiger partial charge in [-0.1, -0.05) is 0 Å². The number of hydrogen-bond donors (Lipinski definition) is 1. The van der Waals surface area contributed by atoms with Crippen LogP contribution in [0.3, 0.4) is 0 Å². The van der Waals surface area contributed by atoms with Crippen molar-refractivity contribution in [2.24, 2.45) is 0 Å². The molecular weight excluding hydrogens is 309 g/mol. The Balaban J connectivity index is 2.26. The normalized spacial score (nSPS) is 21.1. The molecule has 2 heterocycles. The van der Waals surface area contributed by atoms with Gasteiger partial charge in [0.25, 0.3) is 0 Å². The fourth-order valence-corrected chi connectivity index (χ4v) is 2.80. The van der Waals surface area contributed by atoms with Gasteiger partial charge < -0.3 is 10.0 Å². The van der Waals surface area contributed by atoms with Crippen LogP contribution >= 0.6 is 0 Å². The molecule has 0 spiro atoms. The highest BCUT2D eigenvalue weighted by molar-refractivity contribution is 5.55. The first-order chi connectivity index (χ1) is 10.7. The zero-order chi connectivity index (χ0) is 17.2. The number of β-amino-alcohol motifs (C(OH)–C–C–N with tert-alkyl or cyclic N) is 1. The molecule has 2 atom stereocenters. The van der Waals surface area contributed by atoms with Crippen LogP contribution < -0.4 is 4.90 Å². The maximum absolute atomic E-state index is 12.9. The van der Waals surface area contributed by atoms with Crippen LogP contribution in [0.2, 0.25) is 0 Å². The van der Waals surface area contributed by atoms with Gasteiger partial charge in [0.1, 0.15) is 17.6 Å². The van der Waals surface area contributed by atoms with E-state index in [-0.39, 0.29) is 17.4 Å². The molecule has 0 radical (unpaired) electrons. The molecule has 1 saturated heterocycles. The second-order valence-corrected chi connectivity index (χ2v) is 5.83. The molecule has 0 aromatic carbocycles.